The lowest BCUT2D eigenvalue weighted by Crippen LogP contribution is -2.48. The lowest BCUT2D eigenvalue weighted by Gasteiger charge is -2.45. The molecule has 0 aromatic heterocycles. The molecule has 1 aromatic rings. The van der Waals surface area contributed by atoms with Crippen molar-refractivity contribution < 1.29 is 5.11 Å². The van der Waals surface area contributed by atoms with Crippen LogP contribution in [0.4, 0.5) is 0 Å². The molecule has 4 rings (SSSR count). The number of aryl methyl sites for hydroxylation is 1. The molecule has 3 heterocycles. The maximum absolute atomic E-state index is 10.3. The third kappa shape index (κ3) is 1.98. The van der Waals surface area contributed by atoms with Crippen LogP contribution in [0.25, 0.3) is 6.08 Å². The molecule has 0 radical (unpaired) electrons. The Morgan fingerprint density at radius 1 is 1.29 bits per heavy atom. The van der Waals surface area contributed by atoms with E-state index in [1.165, 1.54) is 11.1 Å². The fraction of sp³-hybridized carbons (Fsp3) is 0.467. The van der Waals surface area contributed by atoms with Gasteiger partial charge in [-0.15, -0.1) is 0 Å². The number of aliphatic hydroxyl groups excluding tert-OH is 1. The molecule has 0 aliphatic carbocycles. The molecule has 2 heteroatoms. The molecule has 0 amide bonds. The number of fused-ring (bicyclic) bond motifs is 3. The van der Waals surface area contributed by atoms with Gasteiger partial charge in [-0.2, -0.15) is 0 Å². The minimum Gasteiger partial charge on any atom is -0.387 e. The van der Waals surface area contributed by atoms with E-state index < -0.39 is 0 Å². The van der Waals surface area contributed by atoms with Crippen LogP contribution in [0.2, 0.25) is 0 Å². The molecule has 2 bridgehead atoms. The zero-order valence-electron chi connectivity index (χ0n) is 10.3. The van der Waals surface area contributed by atoms with E-state index in [9.17, 15) is 5.11 Å². The fourth-order valence-electron chi connectivity index (χ4n) is 3.01. The Kier molecular flexibility index (Phi) is 2.67. The van der Waals surface area contributed by atoms with Gasteiger partial charge in [0, 0.05) is 18.8 Å². The Morgan fingerprint density at radius 3 is 2.71 bits per heavy atom. The van der Waals surface area contributed by atoms with Crippen LogP contribution in [0, 0.1) is 12.8 Å². The summed E-state index contributed by atoms with van der Waals surface area (Å²) < 4.78 is 0. The number of aliphatic hydroxyl groups is 1. The predicted molar refractivity (Wildman–Crippen MR) is 69.5 cm³/mol. The first-order valence-corrected chi connectivity index (χ1v) is 6.45. The van der Waals surface area contributed by atoms with Crippen LogP contribution in [0.1, 0.15) is 24.0 Å². The molecule has 3 saturated heterocycles. The van der Waals surface area contributed by atoms with E-state index in [1.54, 1.807) is 0 Å². The topological polar surface area (TPSA) is 23.5 Å². The quantitative estimate of drug-likeness (QED) is 0.799. The SMILES string of the molecule is Cc1cccc(/C=C2\C(O)C3CCN2CC3)c1. The van der Waals surface area contributed by atoms with Gasteiger partial charge in [-0.25, -0.2) is 0 Å². The van der Waals surface area contributed by atoms with Crippen molar-refractivity contribution in [2.24, 2.45) is 5.92 Å². The van der Waals surface area contributed by atoms with Crippen LogP contribution in [0.15, 0.2) is 30.0 Å². The van der Waals surface area contributed by atoms with Gasteiger partial charge in [0.2, 0.25) is 0 Å². The van der Waals surface area contributed by atoms with Gasteiger partial charge in [-0.05, 0) is 37.3 Å². The number of rotatable bonds is 1. The number of hydrogen-bond acceptors (Lipinski definition) is 2. The van der Waals surface area contributed by atoms with Crippen molar-refractivity contribution in [3.8, 4) is 0 Å². The van der Waals surface area contributed by atoms with Gasteiger partial charge in [0.05, 0.1) is 6.10 Å². The van der Waals surface area contributed by atoms with Crippen LogP contribution >= 0.6 is 0 Å². The number of benzene rings is 1. The first-order valence-electron chi connectivity index (χ1n) is 6.45. The molecular formula is C15H19NO. The summed E-state index contributed by atoms with van der Waals surface area (Å²) in [6, 6.07) is 8.45. The summed E-state index contributed by atoms with van der Waals surface area (Å²) in [5.74, 6) is 0.482. The smallest absolute Gasteiger partial charge is 0.0965 e. The highest BCUT2D eigenvalue weighted by Gasteiger charge is 2.36. The van der Waals surface area contributed by atoms with Crippen molar-refractivity contribution >= 4 is 6.08 Å². The normalized spacial score (nSPS) is 30.0. The Hall–Kier alpha value is -1.28. The van der Waals surface area contributed by atoms with Gasteiger partial charge in [0.25, 0.3) is 0 Å². The minimum absolute atomic E-state index is 0.252. The summed E-state index contributed by atoms with van der Waals surface area (Å²) in [5.41, 5.74) is 3.59. The summed E-state index contributed by atoms with van der Waals surface area (Å²) in [7, 11) is 0. The summed E-state index contributed by atoms with van der Waals surface area (Å²) in [6.45, 7) is 4.32. The second-order valence-electron chi connectivity index (χ2n) is 5.25. The average molecular weight is 229 g/mol. The zero-order chi connectivity index (χ0) is 11.8. The third-order valence-corrected chi connectivity index (χ3v) is 4.01. The van der Waals surface area contributed by atoms with Gasteiger partial charge in [0.1, 0.15) is 0 Å². The molecule has 2 nitrogen and oxygen atoms in total. The first-order chi connectivity index (χ1) is 8.24. The van der Waals surface area contributed by atoms with Gasteiger partial charge < -0.3 is 10.0 Å². The van der Waals surface area contributed by atoms with Crippen LogP contribution in [-0.4, -0.2) is 29.2 Å². The summed E-state index contributed by atoms with van der Waals surface area (Å²) in [6.07, 6.45) is 4.19. The number of piperidine rings is 3. The molecule has 3 aliphatic rings. The van der Waals surface area contributed by atoms with Crippen LogP contribution < -0.4 is 0 Å². The minimum atomic E-state index is -0.252. The second kappa shape index (κ2) is 4.19. The molecule has 90 valence electrons. The largest absolute Gasteiger partial charge is 0.387 e. The predicted octanol–water partition coefficient (Wildman–Crippen LogP) is 2.42. The molecular weight excluding hydrogens is 210 g/mol. The molecule has 3 aliphatic heterocycles. The second-order valence-corrected chi connectivity index (χ2v) is 5.25. The van der Waals surface area contributed by atoms with Gasteiger partial charge in [0.15, 0.2) is 0 Å². The Balaban J connectivity index is 1.93. The molecule has 17 heavy (non-hydrogen) atoms. The van der Waals surface area contributed by atoms with E-state index in [4.69, 9.17) is 0 Å². The van der Waals surface area contributed by atoms with Crippen molar-refractivity contribution in [2.75, 3.05) is 13.1 Å². The lowest BCUT2D eigenvalue weighted by atomic mass is 9.83. The molecule has 3 fully saturated rings. The van der Waals surface area contributed by atoms with Gasteiger partial charge in [-0.1, -0.05) is 29.8 Å². The highest BCUT2D eigenvalue weighted by Crippen LogP contribution is 2.35. The maximum Gasteiger partial charge on any atom is 0.0965 e. The van der Waals surface area contributed by atoms with E-state index in [2.05, 4.69) is 42.2 Å². The van der Waals surface area contributed by atoms with Crippen molar-refractivity contribution in [3.63, 3.8) is 0 Å². The Morgan fingerprint density at radius 2 is 2.06 bits per heavy atom. The van der Waals surface area contributed by atoms with E-state index >= 15 is 0 Å². The van der Waals surface area contributed by atoms with Crippen LogP contribution in [0.5, 0.6) is 0 Å². The van der Waals surface area contributed by atoms with Crippen LogP contribution in [0.3, 0.4) is 0 Å². The Bertz CT molecular complexity index is 440. The molecule has 0 saturated carbocycles. The standard InChI is InChI=1S/C15H19NO/c1-11-3-2-4-12(9-11)10-14-15(17)13-5-7-16(14)8-6-13/h2-4,9-10,13,15,17H,5-8H2,1H3/b14-10+. The summed E-state index contributed by atoms with van der Waals surface area (Å²) in [4.78, 5) is 2.34. The van der Waals surface area contributed by atoms with Crippen molar-refractivity contribution in [1.29, 1.82) is 0 Å². The van der Waals surface area contributed by atoms with Crippen LogP contribution in [-0.2, 0) is 0 Å². The Labute approximate surface area is 103 Å². The third-order valence-electron chi connectivity index (χ3n) is 4.01. The molecule has 1 aromatic carbocycles. The molecule has 1 atom stereocenters. The maximum atomic E-state index is 10.3. The van der Waals surface area contributed by atoms with E-state index in [0.29, 0.717) is 5.92 Å². The molecule has 0 spiro atoms. The van der Waals surface area contributed by atoms with E-state index in [1.807, 2.05) is 0 Å². The highest BCUT2D eigenvalue weighted by molar-refractivity contribution is 5.55. The summed E-state index contributed by atoms with van der Waals surface area (Å²) >= 11 is 0. The average Bonchev–Trinajstić information content (AvgIpc) is 2.34. The summed E-state index contributed by atoms with van der Waals surface area (Å²) in [5, 5.41) is 10.3. The van der Waals surface area contributed by atoms with Gasteiger partial charge >= 0.3 is 0 Å². The van der Waals surface area contributed by atoms with Crippen molar-refractivity contribution in [2.45, 2.75) is 25.9 Å². The first kappa shape index (κ1) is 10.8. The van der Waals surface area contributed by atoms with E-state index in [0.717, 1.165) is 31.6 Å². The highest BCUT2D eigenvalue weighted by atomic mass is 16.3. The molecule has 1 N–H and O–H groups in total. The molecule has 1 unspecified atom stereocenters. The zero-order valence-corrected chi connectivity index (χ0v) is 10.3. The van der Waals surface area contributed by atoms with Crippen molar-refractivity contribution in [1.82, 2.24) is 4.90 Å². The lowest BCUT2D eigenvalue weighted by molar-refractivity contribution is 0.0215. The monoisotopic (exact) mass is 229 g/mol. The number of hydrogen-bond donors (Lipinski definition) is 1. The fourth-order valence-corrected chi connectivity index (χ4v) is 3.01. The van der Waals surface area contributed by atoms with Crippen molar-refractivity contribution in [3.05, 3.63) is 41.1 Å². The van der Waals surface area contributed by atoms with E-state index in [-0.39, 0.29) is 6.10 Å². The van der Waals surface area contributed by atoms with Gasteiger partial charge in [-0.3, -0.25) is 0 Å². The number of nitrogens with zero attached hydrogens (tertiary/aromatic N) is 1.